The monoisotopic (exact) mass is 245 g/mol. The van der Waals surface area contributed by atoms with Gasteiger partial charge < -0.3 is 10.4 Å². The van der Waals surface area contributed by atoms with Gasteiger partial charge in [0.25, 0.3) is 0 Å². The van der Waals surface area contributed by atoms with E-state index in [2.05, 4.69) is 5.32 Å². The maximum Gasteiger partial charge on any atom is 0.244 e. The smallest absolute Gasteiger partial charge is 0.244 e. The maximum atomic E-state index is 11.6. The van der Waals surface area contributed by atoms with E-state index in [0.29, 0.717) is 12.5 Å². The fourth-order valence-electron chi connectivity index (χ4n) is 1.85. The van der Waals surface area contributed by atoms with Gasteiger partial charge in [-0.15, -0.1) is 0 Å². The van der Waals surface area contributed by atoms with Crippen LogP contribution in [0.25, 0.3) is 6.08 Å². The van der Waals surface area contributed by atoms with Crippen molar-refractivity contribution in [2.75, 3.05) is 6.54 Å². The first-order valence-electron chi connectivity index (χ1n) is 6.36. The van der Waals surface area contributed by atoms with Crippen LogP contribution in [-0.4, -0.2) is 23.7 Å². The summed E-state index contributed by atoms with van der Waals surface area (Å²) in [4.78, 5) is 11.6. The first kappa shape index (κ1) is 12.8. The van der Waals surface area contributed by atoms with E-state index in [-0.39, 0.29) is 12.0 Å². The number of rotatable bonds is 5. The lowest BCUT2D eigenvalue weighted by Gasteiger charge is -2.08. The van der Waals surface area contributed by atoms with Crippen LogP contribution in [0.4, 0.5) is 0 Å². The van der Waals surface area contributed by atoms with Gasteiger partial charge in [0.1, 0.15) is 0 Å². The highest BCUT2D eigenvalue weighted by molar-refractivity contribution is 5.91. The van der Waals surface area contributed by atoms with Crippen molar-refractivity contribution in [2.24, 2.45) is 5.92 Å². The van der Waals surface area contributed by atoms with Crippen LogP contribution >= 0.6 is 0 Å². The highest BCUT2D eigenvalue weighted by Crippen LogP contribution is 2.32. The summed E-state index contributed by atoms with van der Waals surface area (Å²) >= 11 is 0. The lowest BCUT2D eigenvalue weighted by Crippen LogP contribution is -2.31. The standard InChI is InChI=1S/C15H19NO2/c1-11-4-2-3-5-12(11)8-9-15(18)16-10-14(17)13-6-7-13/h2-5,8-9,13-14,17H,6-7,10H2,1H3,(H,16,18). The highest BCUT2D eigenvalue weighted by Gasteiger charge is 2.29. The molecule has 18 heavy (non-hydrogen) atoms. The Bertz CT molecular complexity index is 450. The molecule has 1 atom stereocenters. The Morgan fingerprint density at radius 1 is 1.50 bits per heavy atom. The topological polar surface area (TPSA) is 49.3 Å². The van der Waals surface area contributed by atoms with Crippen molar-refractivity contribution < 1.29 is 9.90 Å². The fraction of sp³-hybridized carbons (Fsp3) is 0.400. The van der Waals surface area contributed by atoms with E-state index in [9.17, 15) is 9.90 Å². The Hall–Kier alpha value is -1.61. The molecule has 2 rings (SSSR count). The van der Waals surface area contributed by atoms with Gasteiger partial charge in [-0.25, -0.2) is 0 Å². The maximum absolute atomic E-state index is 11.6. The second-order valence-electron chi connectivity index (χ2n) is 4.84. The van der Waals surface area contributed by atoms with Crippen molar-refractivity contribution >= 4 is 12.0 Å². The molecule has 0 bridgehead atoms. The largest absolute Gasteiger partial charge is 0.391 e. The molecule has 0 spiro atoms. The van der Waals surface area contributed by atoms with Crippen LogP contribution in [0.15, 0.2) is 30.3 Å². The van der Waals surface area contributed by atoms with Crippen molar-refractivity contribution in [3.63, 3.8) is 0 Å². The molecule has 96 valence electrons. The molecule has 1 fully saturated rings. The first-order chi connectivity index (χ1) is 8.66. The zero-order valence-corrected chi connectivity index (χ0v) is 10.6. The Kier molecular flexibility index (Phi) is 4.15. The summed E-state index contributed by atoms with van der Waals surface area (Å²) in [6.45, 7) is 2.36. The number of amides is 1. The SMILES string of the molecule is Cc1ccccc1C=CC(=O)NCC(O)C1CC1. The minimum absolute atomic E-state index is 0.155. The van der Waals surface area contributed by atoms with Gasteiger partial charge in [-0.1, -0.05) is 24.3 Å². The summed E-state index contributed by atoms with van der Waals surface area (Å²) in [5.41, 5.74) is 2.18. The second-order valence-corrected chi connectivity index (χ2v) is 4.84. The third kappa shape index (κ3) is 3.70. The van der Waals surface area contributed by atoms with Gasteiger partial charge in [-0.2, -0.15) is 0 Å². The molecule has 0 aliphatic heterocycles. The molecular weight excluding hydrogens is 226 g/mol. The minimum atomic E-state index is -0.388. The van der Waals surface area contributed by atoms with Crippen LogP contribution in [0.2, 0.25) is 0 Å². The van der Waals surface area contributed by atoms with Crippen molar-refractivity contribution in [1.82, 2.24) is 5.32 Å². The van der Waals surface area contributed by atoms with Crippen molar-refractivity contribution in [3.05, 3.63) is 41.5 Å². The van der Waals surface area contributed by atoms with Crippen molar-refractivity contribution in [2.45, 2.75) is 25.9 Å². The van der Waals surface area contributed by atoms with Gasteiger partial charge in [-0.05, 0) is 42.9 Å². The Balaban J connectivity index is 1.81. The van der Waals surface area contributed by atoms with E-state index in [1.165, 1.54) is 6.08 Å². The molecule has 1 unspecified atom stereocenters. The molecular formula is C15H19NO2. The molecule has 1 aliphatic carbocycles. The normalized spacial score (nSPS) is 16.8. The number of hydrogen-bond donors (Lipinski definition) is 2. The molecule has 1 saturated carbocycles. The predicted molar refractivity (Wildman–Crippen MR) is 72.0 cm³/mol. The first-order valence-corrected chi connectivity index (χ1v) is 6.36. The van der Waals surface area contributed by atoms with E-state index >= 15 is 0 Å². The number of nitrogens with one attached hydrogen (secondary N) is 1. The van der Waals surface area contributed by atoms with Gasteiger partial charge in [0.15, 0.2) is 0 Å². The van der Waals surface area contributed by atoms with E-state index < -0.39 is 0 Å². The third-order valence-corrected chi connectivity index (χ3v) is 3.25. The van der Waals surface area contributed by atoms with Crippen molar-refractivity contribution in [3.8, 4) is 0 Å². The highest BCUT2D eigenvalue weighted by atomic mass is 16.3. The van der Waals surface area contributed by atoms with E-state index in [1.54, 1.807) is 6.08 Å². The lowest BCUT2D eigenvalue weighted by molar-refractivity contribution is -0.116. The molecule has 3 nitrogen and oxygen atoms in total. The Morgan fingerprint density at radius 2 is 2.22 bits per heavy atom. The zero-order valence-electron chi connectivity index (χ0n) is 10.6. The number of aryl methyl sites for hydroxylation is 1. The van der Waals surface area contributed by atoms with E-state index in [1.807, 2.05) is 31.2 Å². The van der Waals surface area contributed by atoms with Gasteiger partial charge in [0, 0.05) is 12.6 Å². The van der Waals surface area contributed by atoms with Crippen LogP contribution in [0.5, 0.6) is 0 Å². The summed E-state index contributed by atoms with van der Waals surface area (Å²) in [7, 11) is 0. The van der Waals surface area contributed by atoms with E-state index in [4.69, 9.17) is 0 Å². The van der Waals surface area contributed by atoms with Crippen LogP contribution in [-0.2, 0) is 4.79 Å². The summed E-state index contributed by atoms with van der Waals surface area (Å²) in [5.74, 6) is 0.239. The number of carbonyl (C=O) groups is 1. The molecule has 1 amide bonds. The number of carbonyl (C=O) groups excluding carboxylic acids is 1. The van der Waals surface area contributed by atoms with E-state index in [0.717, 1.165) is 24.0 Å². The number of benzene rings is 1. The van der Waals surface area contributed by atoms with Crippen LogP contribution in [0.1, 0.15) is 24.0 Å². The fourth-order valence-corrected chi connectivity index (χ4v) is 1.85. The summed E-state index contributed by atoms with van der Waals surface area (Å²) < 4.78 is 0. The summed E-state index contributed by atoms with van der Waals surface area (Å²) in [5, 5.41) is 12.3. The average Bonchev–Trinajstić information content (AvgIpc) is 3.19. The lowest BCUT2D eigenvalue weighted by atomic mass is 10.1. The molecule has 1 aliphatic rings. The van der Waals surface area contributed by atoms with Crippen molar-refractivity contribution in [1.29, 1.82) is 0 Å². The van der Waals surface area contributed by atoms with Crippen LogP contribution < -0.4 is 5.32 Å². The third-order valence-electron chi connectivity index (χ3n) is 3.25. The predicted octanol–water partition coefficient (Wildman–Crippen LogP) is 1.90. The summed E-state index contributed by atoms with van der Waals surface area (Å²) in [6.07, 6.45) is 5.09. The van der Waals surface area contributed by atoms with Gasteiger partial charge in [-0.3, -0.25) is 4.79 Å². The molecule has 0 aromatic heterocycles. The Labute approximate surface area is 108 Å². The second kappa shape index (κ2) is 5.83. The quantitative estimate of drug-likeness (QED) is 0.778. The number of hydrogen-bond acceptors (Lipinski definition) is 2. The number of aliphatic hydroxyl groups excluding tert-OH is 1. The Morgan fingerprint density at radius 3 is 2.89 bits per heavy atom. The molecule has 0 radical (unpaired) electrons. The summed E-state index contributed by atoms with van der Waals surface area (Å²) in [6, 6.07) is 7.90. The number of aliphatic hydroxyl groups is 1. The van der Waals surface area contributed by atoms with Crippen LogP contribution in [0.3, 0.4) is 0 Å². The van der Waals surface area contributed by atoms with Crippen LogP contribution in [0, 0.1) is 12.8 Å². The zero-order chi connectivity index (χ0) is 13.0. The average molecular weight is 245 g/mol. The molecule has 1 aromatic carbocycles. The van der Waals surface area contributed by atoms with Gasteiger partial charge >= 0.3 is 0 Å². The van der Waals surface area contributed by atoms with Gasteiger partial charge in [0.05, 0.1) is 6.10 Å². The minimum Gasteiger partial charge on any atom is -0.391 e. The molecule has 0 saturated heterocycles. The molecule has 0 heterocycles. The molecule has 2 N–H and O–H groups in total. The van der Waals surface area contributed by atoms with Gasteiger partial charge in [0.2, 0.25) is 5.91 Å². The molecule has 3 heteroatoms. The molecule has 1 aromatic rings.